The average Bonchev–Trinajstić information content (AvgIpc) is 1.95. The molecule has 10 heavy (non-hydrogen) atoms. The number of halogens is 2. The summed E-state index contributed by atoms with van der Waals surface area (Å²) < 4.78 is 13.2. The van der Waals surface area contributed by atoms with Crippen molar-refractivity contribution in [3.8, 4) is 0 Å². The predicted octanol–water partition coefficient (Wildman–Crippen LogP) is 2.63. The molecule has 0 unspecified atom stereocenters. The van der Waals surface area contributed by atoms with E-state index in [4.69, 9.17) is 0 Å². The molecule has 1 aromatic rings. The summed E-state index contributed by atoms with van der Waals surface area (Å²) in [6.07, 6.45) is 0. The van der Waals surface area contributed by atoms with Gasteiger partial charge in [-0.1, -0.05) is 0 Å². The van der Waals surface area contributed by atoms with Crippen LogP contribution in [-0.2, 0) is 0 Å². The SMILES string of the molecule is CNc1ccc(Br)c(F)c1. The molecule has 3 heteroatoms. The molecule has 0 saturated carbocycles. The zero-order chi connectivity index (χ0) is 7.56. The normalized spacial score (nSPS) is 9.50. The van der Waals surface area contributed by atoms with Crippen LogP contribution >= 0.6 is 15.9 Å². The third-order valence-corrected chi connectivity index (χ3v) is 1.85. The molecule has 0 atom stereocenters. The molecule has 54 valence electrons. The number of nitrogens with one attached hydrogen (secondary N) is 1. The van der Waals surface area contributed by atoms with E-state index in [0.29, 0.717) is 4.47 Å². The lowest BCUT2D eigenvalue weighted by Crippen LogP contribution is -1.88. The molecule has 0 heterocycles. The molecule has 0 amide bonds. The van der Waals surface area contributed by atoms with Crippen LogP contribution in [0.4, 0.5) is 10.1 Å². The second-order valence-electron chi connectivity index (χ2n) is 1.88. The van der Waals surface area contributed by atoms with E-state index in [0.717, 1.165) is 5.69 Å². The van der Waals surface area contributed by atoms with Gasteiger partial charge in [-0.2, -0.15) is 0 Å². The smallest absolute Gasteiger partial charge is 0.139 e. The summed E-state index contributed by atoms with van der Waals surface area (Å²) in [6, 6.07) is 4.90. The molecule has 0 aliphatic rings. The molecule has 0 aliphatic carbocycles. The van der Waals surface area contributed by atoms with Gasteiger partial charge in [0, 0.05) is 12.7 Å². The van der Waals surface area contributed by atoms with Crippen LogP contribution in [0.15, 0.2) is 22.7 Å². The molecule has 0 radical (unpaired) electrons. The van der Waals surface area contributed by atoms with E-state index < -0.39 is 0 Å². The molecule has 0 bridgehead atoms. The van der Waals surface area contributed by atoms with Crippen LogP contribution in [0.25, 0.3) is 0 Å². The molecule has 1 nitrogen and oxygen atoms in total. The number of hydrogen-bond donors (Lipinski definition) is 1. The molecule has 1 N–H and O–H groups in total. The fourth-order valence-electron chi connectivity index (χ4n) is 0.652. The molecule has 0 aromatic heterocycles. The third-order valence-electron chi connectivity index (χ3n) is 1.21. The number of benzene rings is 1. The Labute approximate surface area is 67.4 Å². The van der Waals surface area contributed by atoms with Gasteiger partial charge in [0.2, 0.25) is 0 Å². The van der Waals surface area contributed by atoms with Gasteiger partial charge in [0.05, 0.1) is 4.47 Å². The minimum absolute atomic E-state index is 0.244. The summed E-state index contributed by atoms with van der Waals surface area (Å²) in [5.74, 6) is -0.244. The molecular weight excluding hydrogens is 197 g/mol. The highest BCUT2D eigenvalue weighted by Crippen LogP contribution is 2.18. The first kappa shape index (κ1) is 7.54. The topological polar surface area (TPSA) is 12.0 Å². The molecule has 0 aliphatic heterocycles. The third kappa shape index (κ3) is 1.48. The molecule has 0 spiro atoms. The summed E-state index contributed by atoms with van der Waals surface area (Å²) in [7, 11) is 1.75. The van der Waals surface area contributed by atoms with E-state index in [2.05, 4.69) is 21.2 Å². The van der Waals surface area contributed by atoms with Gasteiger partial charge in [-0.25, -0.2) is 4.39 Å². The summed E-state index contributed by atoms with van der Waals surface area (Å²) in [4.78, 5) is 0. The van der Waals surface area contributed by atoms with E-state index >= 15 is 0 Å². The first-order valence-corrected chi connectivity index (χ1v) is 3.66. The Balaban J connectivity index is 3.04. The van der Waals surface area contributed by atoms with Crippen LogP contribution in [0.2, 0.25) is 0 Å². The van der Waals surface area contributed by atoms with Crippen molar-refractivity contribution in [1.82, 2.24) is 0 Å². The maximum absolute atomic E-state index is 12.7. The summed E-state index contributed by atoms with van der Waals surface area (Å²) in [5, 5.41) is 2.83. The van der Waals surface area contributed by atoms with Gasteiger partial charge >= 0.3 is 0 Å². The maximum atomic E-state index is 12.7. The average molecular weight is 204 g/mol. The van der Waals surface area contributed by atoms with E-state index in [1.807, 2.05) is 0 Å². The van der Waals surface area contributed by atoms with E-state index in [1.165, 1.54) is 6.07 Å². The molecule has 1 aromatic carbocycles. The fourth-order valence-corrected chi connectivity index (χ4v) is 0.898. The first-order valence-electron chi connectivity index (χ1n) is 2.87. The van der Waals surface area contributed by atoms with Crippen LogP contribution in [-0.4, -0.2) is 7.05 Å². The fraction of sp³-hybridized carbons (Fsp3) is 0.143. The Morgan fingerprint density at radius 2 is 2.20 bits per heavy atom. The van der Waals surface area contributed by atoms with Crippen molar-refractivity contribution in [1.29, 1.82) is 0 Å². The van der Waals surface area contributed by atoms with Crippen LogP contribution < -0.4 is 5.32 Å². The number of anilines is 1. The van der Waals surface area contributed by atoms with Crippen LogP contribution in [0.5, 0.6) is 0 Å². The van der Waals surface area contributed by atoms with Gasteiger partial charge in [-0.05, 0) is 34.1 Å². The predicted molar refractivity (Wildman–Crippen MR) is 43.6 cm³/mol. The monoisotopic (exact) mass is 203 g/mol. The molecule has 0 fully saturated rings. The van der Waals surface area contributed by atoms with Gasteiger partial charge in [-0.3, -0.25) is 0 Å². The van der Waals surface area contributed by atoms with Crippen molar-refractivity contribution in [2.24, 2.45) is 0 Å². The zero-order valence-electron chi connectivity index (χ0n) is 5.49. The van der Waals surface area contributed by atoms with Gasteiger partial charge in [-0.15, -0.1) is 0 Å². The van der Waals surface area contributed by atoms with E-state index in [1.54, 1.807) is 19.2 Å². The van der Waals surface area contributed by atoms with Crippen molar-refractivity contribution in [3.05, 3.63) is 28.5 Å². The van der Waals surface area contributed by atoms with E-state index in [9.17, 15) is 4.39 Å². The Morgan fingerprint density at radius 3 is 2.70 bits per heavy atom. The summed E-state index contributed by atoms with van der Waals surface area (Å²) in [6.45, 7) is 0. The van der Waals surface area contributed by atoms with Crippen molar-refractivity contribution < 1.29 is 4.39 Å². The Hall–Kier alpha value is -0.570. The van der Waals surface area contributed by atoms with Crippen molar-refractivity contribution in [3.63, 3.8) is 0 Å². The molecule has 0 saturated heterocycles. The highest BCUT2D eigenvalue weighted by atomic mass is 79.9. The summed E-state index contributed by atoms with van der Waals surface area (Å²) in [5.41, 5.74) is 0.778. The van der Waals surface area contributed by atoms with Crippen LogP contribution in [0.3, 0.4) is 0 Å². The second kappa shape index (κ2) is 3.01. The highest BCUT2D eigenvalue weighted by molar-refractivity contribution is 9.10. The Bertz CT molecular complexity index is 237. The Kier molecular flexibility index (Phi) is 2.27. The van der Waals surface area contributed by atoms with Crippen LogP contribution in [0.1, 0.15) is 0 Å². The van der Waals surface area contributed by atoms with E-state index in [-0.39, 0.29) is 5.82 Å². The van der Waals surface area contributed by atoms with Crippen molar-refractivity contribution in [2.75, 3.05) is 12.4 Å². The lowest BCUT2D eigenvalue weighted by molar-refractivity contribution is 0.621. The minimum Gasteiger partial charge on any atom is -0.388 e. The Morgan fingerprint density at radius 1 is 1.50 bits per heavy atom. The zero-order valence-corrected chi connectivity index (χ0v) is 7.07. The largest absolute Gasteiger partial charge is 0.388 e. The van der Waals surface area contributed by atoms with Gasteiger partial charge in [0.1, 0.15) is 5.82 Å². The highest BCUT2D eigenvalue weighted by Gasteiger charge is 1.97. The molecular formula is C7H7BrFN. The van der Waals surface area contributed by atoms with Crippen LogP contribution in [0, 0.1) is 5.82 Å². The van der Waals surface area contributed by atoms with Crippen molar-refractivity contribution >= 4 is 21.6 Å². The van der Waals surface area contributed by atoms with Gasteiger partial charge in [0.25, 0.3) is 0 Å². The molecule has 1 rings (SSSR count). The maximum Gasteiger partial charge on any atom is 0.139 e. The lowest BCUT2D eigenvalue weighted by atomic mass is 10.3. The second-order valence-corrected chi connectivity index (χ2v) is 2.73. The standard InChI is InChI=1S/C7H7BrFN/c1-10-5-2-3-6(8)7(9)4-5/h2-4,10H,1H3. The minimum atomic E-state index is -0.244. The number of hydrogen-bond acceptors (Lipinski definition) is 1. The lowest BCUT2D eigenvalue weighted by Gasteiger charge is -1.99. The van der Waals surface area contributed by atoms with Gasteiger partial charge in [0.15, 0.2) is 0 Å². The number of rotatable bonds is 1. The van der Waals surface area contributed by atoms with Gasteiger partial charge < -0.3 is 5.32 Å². The first-order chi connectivity index (χ1) is 4.74. The summed E-state index contributed by atoms with van der Waals surface area (Å²) >= 11 is 3.06. The van der Waals surface area contributed by atoms with Crippen molar-refractivity contribution in [2.45, 2.75) is 0 Å². The quantitative estimate of drug-likeness (QED) is 0.741.